The van der Waals surface area contributed by atoms with Crippen molar-refractivity contribution >= 4 is 33.8 Å². The van der Waals surface area contributed by atoms with Crippen LogP contribution in [-0.2, 0) is 11.3 Å². The fourth-order valence-corrected chi connectivity index (χ4v) is 4.93. The number of carbonyl (C=O) groups excluding carboxylic acids is 1. The molecule has 6 nitrogen and oxygen atoms in total. The van der Waals surface area contributed by atoms with Crippen LogP contribution < -0.4 is 14.5 Å². The molecule has 0 bridgehead atoms. The first-order chi connectivity index (χ1) is 15.4. The third-order valence-corrected chi connectivity index (χ3v) is 6.47. The zero-order chi connectivity index (χ0) is 22.7. The number of ether oxygens (including phenoxy) is 1. The second kappa shape index (κ2) is 9.71. The predicted octanol–water partition coefficient (Wildman–Crippen LogP) is 4.86. The van der Waals surface area contributed by atoms with Crippen LogP contribution in [0.3, 0.4) is 0 Å². The van der Waals surface area contributed by atoms with E-state index < -0.39 is 0 Å². The minimum absolute atomic E-state index is 0.0444. The van der Waals surface area contributed by atoms with Crippen LogP contribution in [0, 0.1) is 6.92 Å². The fraction of sp³-hybridized carbons (Fsp3) is 0.360. The molecule has 0 radical (unpaired) electrons. The number of carbonyl (C=O) groups is 1. The van der Waals surface area contributed by atoms with Crippen molar-refractivity contribution in [1.82, 2.24) is 9.88 Å². The van der Waals surface area contributed by atoms with E-state index in [4.69, 9.17) is 9.72 Å². The minimum atomic E-state index is -0.0444. The number of fused-ring (bicyclic) bond motifs is 1. The Hall–Kier alpha value is -2.90. The summed E-state index contributed by atoms with van der Waals surface area (Å²) in [4.78, 5) is 23.4. The molecule has 0 spiro atoms. The Balaban J connectivity index is 1.42. The number of rotatable bonds is 7. The third-order valence-electron chi connectivity index (χ3n) is 5.59. The number of anilines is 3. The number of benzene rings is 2. The molecule has 1 unspecified atom stereocenters. The maximum absolute atomic E-state index is 12.3. The minimum Gasteiger partial charge on any atom is -0.485 e. The molecule has 1 aromatic heterocycles. The highest BCUT2D eigenvalue weighted by molar-refractivity contribution is 7.14. The van der Waals surface area contributed by atoms with Crippen molar-refractivity contribution in [2.24, 2.45) is 0 Å². The molecule has 2 aromatic carbocycles. The van der Waals surface area contributed by atoms with Gasteiger partial charge >= 0.3 is 0 Å². The lowest BCUT2D eigenvalue weighted by Crippen LogP contribution is -2.45. The number of aryl methyl sites for hydroxylation is 1. The van der Waals surface area contributed by atoms with Gasteiger partial charge in [-0.15, -0.1) is 11.3 Å². The van der Waals surface area contributed by atoms with Crippen LogP contribution in [-0.4, -0.2) is 48.6 Å². The number of amides is 1. The molecule has 1 aliphatic rings. The van der Waals surface area contributed by atoms with Crippen molar-refractivity contribution < 1.29 is 9.53 Å². The van der Waals surface area contributed by atoms with Gasteiger partial charge < -0.3 is 9.64 Å². The van der Waals surface area contributed by atoms with E-state index in [2.05, 4.69) is 35.9 Å². The molecule has 0 saturated carbocycles. The number of aromatic nitrogens is 1. The van der Waals surface area contributed by atoms with Crippen molar-refractivity contribution in [3.63, 3.8) is 0 Å². The lowest BCUT2D eigenvalue weighted by atomic mass is 10.2. The molecule has 1 amide bonds. The van der Waals surface area contributed by atoms with Crippen LogP contribution in [0.4, 0.5) is 16.5 Å². The first-order valence-electron chi connectivity index (χ1n) is 11.0. The van der Waals surface area contributed by atoms with Crippen LogP contribution in [0.5, 0.6) is 5.75 Å². The van der Waals surface area contributed by atoms with Crippen molar-refractivity contribution in [1.29, 1.82) is 0 Å². The van der Waals surface area contributed by atoms with E-state index in [1.54, 1.807) is 11.8 Å². The van der Waals surface area contributed by atoms with Gasteiger partial charge in [-0.2, -0.15) is 0 Å². The molecule has 4 rings (SSSR count). The number of hydrogen-bond donors (Lipinski definition) is 0. The summed E-state index contributed by atoms with van der Waals surface area (Å²) in [6.07, 6.45) is 0.0919. The summed E-state index contributed by atoms with van der Waals surface area (Å²) in [6, 6.07) is 16.2. The zero-order valence-electron chi connectivity index (χ0n) is 19.1. The average Bonchev–Trinajstić information content (AvgIpc) is 3.21. The van der Waals surface area contributed by atoms with Crippen molar-refractivity contribution in [3.05, 3.63) is 65.2 Å². The lowest BCUT2D eigenvalue weighted by Gasteiger charge is -2.37. The molecule has 7 heteroatoms. The summed E-state index contributed by atoms with van der Waals surface area (Å²) in [5, 5.41) is 2.73. The summed E-state index contributed by atoms with van der Waals surface area (Å²) >= 11 is 1.50. The third kappa shape index (κ3) is 4.95. The number of para-hydroxylation sites is 2. The van der Waals surface area contributed by atoms with Crippen molar-refractivity contribution in [2.45, 2.75) is 33.4 Å². The second-order valence-corrected chi connectivity index (χ2v) is 9.09. The van der Waals surface area contributed by atoms with Crippen LogP contribution in [0.15, 0.2) is 53.9 Å². The zero-order valence-corrected chi connectivity index (χ0v) is 19.9. The standard InChI is InChI=1S/C25H30N4O2S/c1-5-28-16-22(31-24-9-7-6-8-23(24)28)15-27(4)14-20-17-32-25(26-20)29(19(3)30)21-12-10-18(2)11-13-21/h6-13,17,22H,5,14-16H2,1-4H3. The maximum atomic E-state index is 12.3. The molecule has 32 heavy (non-hydrogen) atoms. The predicted molar refractivity (Wildman–Crippen MR) is 131 cm³/mol. The van der Waals surface area contributed by atoms with Gasteiger partial charge in [0.2, 0.25) is 5.91 Å². The average molecular weight is 451 g/mol. The Labute approximate surface area is 194 Å². The Kier molecular flexibility index (Phi) is 6.77. The molecule has 0 N–H and O–H groups in total. The van der Waals surface area contributed by atoms with E-state index in [1.165, 1.54) is 17.0 Å². The smallest absolute Gasteiger partial charge is 0.230 e. The highest BCUT2D eigenvalue weighted by atomic mass is 32.1. The first kappa shape index (κ1) is 22.3. The van der Waals surface area contributed by atoms with E-state index >= 15 is 0 Å². The normalized spacial score (nSPS) is 15.4. The van der Waals surface area contributed by atoms with E-state index in [0.29, 0.717) is 11.7 Å². The molecular formula is C25H30N4O2S. The molecule has 0 saturated heterocycles. The number of likely N-dealkylation sites (N-methyl/N-ethyl adjacent to an activating group) is 2. The summed E-state index contributed by atoms with van der Waals surface area (Å²) < 4.78 is 6.26. The molecule has 0 fully saturated rings. The van der Waals surface area contributed by atoms with Crippen LogP contribution >= 0.6 is 11.3 Å². The SMILES string of the molecule is CCN1CC(CN(C)Cc2csc(N(C(C)=O)c3ccc(C)cc3)n2)Oc2ccccc21. The van der Waals surface area contributed by atoms with Crippen LogP contribution in [0.1, 0.15) is 25.1 Å². The monoisotopic (exact) mass is 450 g/mol. The molecule has 168 valence electrons. The van der Waals surface area contributed by atoms with E-state index in [1.807, 2.05) is 48.7 Å². The maximum Gasteiger partial charge on any atom is 0.230 e. The number of thiazole rings is 1. The summed E-state index contributed by atoms with van der Waals surface area (Å²) in [5.74, 6) is 0.905. The summed E-state index contributed by atoms with van der Waals surface area (Å²) in [6.45, 7) is 9.10. The van der Waals surface area contributed by atoms with E-state index in [9.17, 15) is 4.79 Å². The van der Waals surface area contributed by atoms with Gasteiger partial charge in [-0.3, -0.25) is 14.6 Å². The topological polar surface area (TPSA) is 48.9 Å². The molecule has 0 aliphatic carbocycles. The van der Waals surface area contributed by atoms with Gasteiger partial charge in [0, 0.05) is 31.9 Å². The van der Waals surface area contributed by atoms with Gasteiger partial charge in [0.05, 0.1) is 23.6 Å². The lowest BCUT2D eigenvalue weighted by molar-refractivity contribution is -0.115. The molecule has 2 heterocycles. The molecule has 1 atom stereocenters. The second-order valence-electron chi connectivity index (χ2n) is 8.25. The van der Waals surface area contributed by atoms with Gasteiger partial charge in [0.25, 0.3) is 0 Å². The molecule has 3 aromatic rings. The van der Waals surface area contributed by atoms with Crippen LogP contribution in [0.25, 0.3) is 0 Å². The molecular weight excluding hydrogens is 420 g/mol. The van der Waals surface area contributed by atoms with E-state index in [-0.39, 0.29) is 12.0 Å². The highest BCUT2D eigenvalue weighted by Gasteiger charge is 2.26. The number of hydrogen-bond acceptors (Lipinski definition) is 6. The summed E-state index contributed by atoms with van der Waals surface area (Å²) in [7, 11) is 2.09. The van der Waals surface area contributed by atoms with E-state index in [0.717, 1.165) is 42.3 Å². The Morgan fingerprint density at radius 1 is 1.22 bits per heavy atom. The van der Waals surface area contributed by atoms with Crippen molar-refractivity contribution in [2.75, 3.05) is 36.5 Å². The largest absolute Gasteiger partial charge is 0.485 e. The van der Waals surface area contributed by atoms with Gasteiger partial charge in [-0.1, -0.05) is 29.8 Å². The first-order valence-corrected chi connectivity index (χ1v) is 11.8. The van der Waals surface area contributed by atoms with Gasteiger partial charge in [0.15, 0.2) is 5.13 Å². The van der Waals surface area contributed by atoms with Crippen LogP contribution in [0.2, 0.25) is 0 Å². The van der Waals surface area contributed by atoms with Gasteiger partial charge in [-0.25, -0.2) is 4.98 Å². The Bertz CT molecular complexity index is 1070. The highest BCUT2D eigenvalue weighted by Crippen LogP contribution is 2.33. The fourth-order valence-electron chi connectivity index (χ4n) is 4.05. The Morgan fingerprint density at radius 3 is 2.69 bits per heavy atom. The quantitative estimate of drug-likeness (QED) is 0.515. The van der Waals surface area contributed by atoms with Gasteiger partial charge in [0.1, 0.15) is 11.9 Å². The molecule has 1 aliphatic heterocycles. The van der Waals surface area contributed by atoms with Crippen molar-refractivity contribution in [3.8, 4) is 5.75 Å². The number of nitrogens with zero attached hydrogens (tertiary/aromatic N) is 4. The summed E-state index contributed by atoms with van der Waals surface area (Å²) in [5.41, 5.74) is 4.12. The Morgan fingerprint density at radius 2 is 1.97 bits per heavy atom. The van der Waals surface area contributed by atoms with Gasteiger partial charge in [-0.05, 0) is 45.2 Å².